The standard InChI is InChI=1S/C25H37N3O4/c1-25(2,3)32-24(30)28-17-20-9-10-22(28)15-21(20)16-26-11-13-27(14-12-26)23(29)31-18-19-7-5-4-6-8-19/h4-8,20-22H,9-18H2,1-3H3/t20-,21-,22-/m0/s1. The summed E-state index contributed by atoms with van der Waals surface area (Å²) in [7, 11) is 0. The maximum atomic E-state index is 12.6. The molecule has 3 atom stereocenters. The summed E-state index contributed by atoms with van der Waals surface area (Å²) in [6, 6.07) is 10.1. The van der Waals surface area contributed by atoms with E-state index in [0.717, 1.165) is 44.6 Å². The van der Waals surface area contributed by atoms with Crippen LogP contribution in [0, 0.1) is 11.8 Å². The van der Waals surface area contributed by atoms with Crippen molar-refractivity contribution in [2.24, 2.45) is 11.8 Å². The minimum atomic E-state index is -0.449. The Hall–Kier alpha value is -2.28. The van der Waals surface area contributed by atoms with E-state index in [9.17, 15) is 9.59 Å². The molecule has 4 aliphatic rings. The van der Waals surface area contributed by atoms with Gasteiger partial charge >= 0.3 is 12.2 Å². The minimum absolute atomic E-state index is 0.159. The van der Waals surface area contributed by atoms with Crippen molar-refractivity contribution in [1.82, 2.24) is 14.7 Å². The van der Waals surface area contributed by atoms with Gasteiger partial charge in [0.1, 0.15) is 12.2 Å². The molecule has 0 N–H and O–H groups in total. The van der Waals surface area contributed by atoms with E-state index < -0.39 is 5.60 Å². The number of ether oxygens (including phenoxy) is 2. The second kappa shape index (κ2) is 9.69. The van der Waals surface area contributed by atoms with Crippen LogP contribution in [0.3, 0.4) is 0 Å². The van der Waals surface area contributed by atoms with Gasteiger partial charge < -0.3 is 19.3 Å². The predicted molar refractivity (Wildman–Crippen MR) is 122 cm³/mol. The van der Waals surface area contributed by atoms with Crippen LogP contribution in [0.15, 0.2) is 30.3 Å². The molecule has 0 aromatic heterocycles. The monoisotopic (exact) mass is 443 g/mol. The highest BCUT2D eigenvalue weighted by Crippen LogP contribution is 2.40. The average Bonchev–Trinajstić information content (AvgIpc) is 2.78. The average molecular weight is 444 g/mol. The fraction of sp³-hybridized carbons (Fsp3) is 0.680. The van der Waals surface area contributed by atoms with Gasteiger partial charge in [0, 0.05) is 45.3 Å². The lowest BCUT2D eigenvalue weighted by Gasteiger charge is -2.50. The first-order valence-electron chi connectivity index (χ1n) is 12.0. The third-order valence-electron chi connectivity index (χ3n) is 6.94. The molecular weight excluding hydrogens is 406 g/mol. The van der Waals surface area contributed by atoms with Gasteiger partial charge in [-0.2, -0.15) is 0 Å². The zero-order valence-electron chi connectivity index (χ0n) is 19.7. The van der Waals surface area contributed by atoms with E-state index in [2.05, 4.69) is 4.90 Å². The van der Waals surface area contributed by atoms with Crippen molar-refractivity contribution in [3.05, 3.63) is 35.9 Å². The highest BCUT2D eigenvalue weighted by Gasteiger charge is 2.44. The molecule has 7 nitrogen and oxygen atoms in total. The Kier molecular flexibility index (Phi) is 6.93. The maximum absolute atomic E-state index is 12.6. The van der Waals surface area contributed by atoms with Crippen molar-refractivity contribution < 1.29 is 19.1 Å². The van der Waals surface area contributed by atoms with Crippen LogP contribution in [-0.2, 0) is 16.1 Å². The van der Waals surface area contributed by atoms with E-state index in [-0.39, 0.29) is 12.2 Å². The highest BCUT2D eigenvalue weighted by atomic mass is 16.6. The molecule has 0 unspecified atom stereocenters. The largest absolute Gasteiger partial charge is 0.445 e. The van der Waals surface area contributed by atoms with Gasteiger partial charge in [-0.25, -0.2) is 9.59 Å². The molecular formula is C25H37N3O4. The van der Waals surface area contributed by atoms with Crippen LogP contribution in [0.2, 0.25) is 0 Å². The smallest absolute Gasteiger partial charge is 0.410 e. The molecule has 3 saturated heterocycles. The van der Waals surface area contributed by atoms with Crippen molar-refractivity contribution >= 4 is 12.2 Å². The lowest BCUT2D eigenvalue weighted by molar-refractivity contribution is -0.0363. The minimum Gasteiger partial charge on any atom is -0.445 e. The quantitative estimate of drug-likeness (QED) is 0.705. The molecule has 2 bridgehead atoms. The topological polar surface area (TPSA) is 62.3 Å². The van der Waals surface area contributed by atoms with Crippen molar-refractivity contribution in [3.63, 3.8) is 0 Å². The van der Waals surface area contributed by atoms with Crippen LogP contribution in [0.5, 0.6) is 0 Å². The summed E-state index contributed by atoms with van der Waals surface area (Å²) in [6.07, 6.45) is 2.96. The van der Waals surface area contributed by atoms with E-state index in [1.165, 1.54) is 6.42 Å². The van der Waals surface area contributed by atoms with E-state index in [4.69, 9.17) is 9.47 Å². The van der Waals surface area contributed by atoms with Crippen molar-refractivity contribution in [3.8, 4) is 0 Å². The number of carbonyl (C=O) groups excluding carboxylic acids is 2. The van der Waals surface area contributed by atoms with E-state index >= 15 is 0 Å². The molecule has 3 heterocycles. The molecule has 32 heavy (non-hydrogen) atoms. The summed E-state index contributed by atoms with van der Waals surface area (Å²) < 4.78 is 11.1. The molecule has 2 amide bonds. The number of piperidine rings is 2. The van der Waals surface area contributed by atoms with Crippen LogP contribution >= 0.6 is 0 Å². The Morgan fingerprint density at radius 2 is 1.72 bits per heavy atom. The predicted octanol–water partition coefficient (Wildman–Crippen LogP) is 3.98. The summed E-state index contributed by atoms with van der Waals surface area (Å²) in [5.41, 5.74) is 0.557. The molecule has 3 aliphatic heterocycles. The second-order valence-electron chi connectivity index (χ2n) is 10.4. The molecule has 1 aliphatic carbocycles. The first-order chi connectivity index (χ1) is 15.3. The zero-order valence-corrected chi connectivity index (χ0v) is 19.7. The van der Waals surface area contributed by atoms with Gasteiger partial charge in [-0.1, -0.05) is 30.3 Å². The van der Waals surface area contributed by atoms with Gasteiger partial charge in [-0.05, 0) is 57.4 Å². The van der Waals surface area contributed by atoms with Crippen LogP contribution in [0.25, 0.3) is 0 Å². The second-order valence-corrected chi connectivity index (χ2v) is 10.4. The summed E-state index contributed by atoms with van der Waals surface area (Å²) in [5.74, 6) is 1.16. The Morgan fingerprint density at radius 3 is 2.34 bits per heavy atom. The van der Waals surface area contributed by atoms with Crippen LogP contribution in [0.4, 0.5) is 9.59 Å². The SMILES string of the molecule is CC(C)(C)OC(=O)N1C[C@@H]2CC[C@H]1C[C@H]2CN1CCN(C(=O)OCc2ccccc2)CC1. The number of hydrogen-bond donors (Lipinski definition) is 0. The molecule has 0 spiro atoms. The highest BCUT2D eigenvalue weighted by molar-refractivity contribution is 5.69. The first kappa shape index (κ1) is 22.9. The summed E-state index contributed by atoms with van der Waals surface area (Å²) in [4.78, 5) is 31.3. The Balaban J connectivity index is 1.20. The fourth-order valence-electron chi connectivity index (χ4n) is 5.25. The number of carbonyl (C=O) groups is 2. The molecule has 4 fully saturated rings. The number of rotatable bonds is 4. The molecule has 1 saturated carbocycles. The maximum Gasteiger partial charge on any atom is 0.410 e. The third kappa shape index (κ3) is 5.74. The molecule has 176 valence electrons. The van der Waals surface area contributed by atoms with E-state index in [1.54, 1.807) is 0 Å². The lowest BCUT2D eigenvalue weighted by atomic mass is 9.72. The van der Waals surface area contributed by atoms with Gasteiger partial charge in [0.05, 0.1) is 0 Å². The first-order valence-corrected chi connectivity index (χ1v) is 12.0. The van der Waals surface area contributed by atoms with Crippen molar-refractivity contribution in [2.75, 3.05) is 39.3 Å². The Bertz CT molecular complexity index is 786. The van der Waals surface area contributed by atoms with Gasteiger partial charge in [0.2, 0.25) is 0 Å². The molecule has 1 aromatic carbocycles. The van der Waals surface area contributed by atoms with Gasteiger partial charge in [-0.15, -0.1) is 0 Å². The van der Waals surface area contributed by atoms with Gasteiger partial charge in [-0.3, -0.25) is 4.90 Å². The molecule has 0 radical (unpaired) electrons. The normalized spacial score (nSPS) is 26.2. The molecule has 7 heteroatoms. The number of benzene rings is 1. The lowest BCUT2D eigenvalue weighted by Crippen LogP contribution is -2.58. The Morgan fingerprint density at radius 1 is 1.00 bits per heavy atom. The summed E-state index contributed by atoms with van der Waals surface area (Å²) in [5, 5.41) is 0. The number of amides is 2. The fourth-order valence-corrected chi connectivity index (χ4v) is 5.25. The van der Waals surface area contributed by atoms with Crippen LogP contribution in [0.1, 0.15) is 45.6 Å². The van der Waals surface area contributed by atoms with E-state index in [0.29, 0.717) is 37.6 Å². The van der Waals surface area contributed by atoms with Gasteiger partial charge in [0.25, 0.3) is 0 Å². The summed E-state index contributed by atoms with van der Waals surface area (Å²) in [6.45, 7) is 11.1. The van der Waals surface area contributed by atoms with Gasteiger partial charge in [0.15, 0.2) is 0 Å². The summed E-state index contributed by atoms with van der Waals surface area (Å²) >= 11 is 0. The van der Waals surface area contributed by atoms with Crippen LogP contribution in [-0.4, -0.2) is 77.8 Å². The van der Waals surface area contributed by atoms with Crippen molar-refractivity contribution in [2.45, 2.75) is 58.3 Å². The zero-order chi connectivity index (χ0) is 22.7. The number of hydrogen-bond acceptors (Lipinski definition) is 5. The molecule has 5 rings (SSSR count). The third-order valence-corrected chi connectivity index (χ3v) is 6.94. The number of nitrogens with zero attached hydrogens (tertiary/aromatic N) is 3. The van der Waals surface area contributed by atoms with Crippen molar-refractivity contribution in [1.29, 1.82) is 0 Å². The number of piperazine rings is 1. The van der Waals surface area contributed by atoms with E-state index in [1.807, 2.05) is 60.9 Å². The number of fused-ring (bicyclic) bond motifs is 3. The molecule has 1 aromatic rings. The Labute approximate surface area is 191 Å². The van der Waals surface area contributed by atoms with Crippen LogP contribution < -0.4 is 0 Å².